The zero-order valence-electron chi connectivity index (χ0n) is 14.5. The summed E-state index contributed by atoms with van der Waals surface area (Å²) < 4.78 is 0. The second kappa shape index (κ2) is 6.70. The van der Waals surface area contributed by atoms with Crippen LogP contribution in [0.2, 0.25) is 0 Å². The Labute approximate surface area is 135 Å². The number of allylic oxidation sites excluding steroid dienone is 3. The fourth-order valence-corrected chi connectivity index (χ4v) is 5.33. The van der Waals surface area contributed by atoms with E-state index < -0.39 is 0 Å². The first-order valence-electron chi connectivity index (χ1n) is 8.78. The molecule has 0 bridgehead atoms. The van der Waals surface area contributed by atoms with E-state index in [0.29, 0.717) is 18.4 Å². The number of rotatable bonds is 5. The minimum atomic E-state index is 0.0699. The third kappa shape index (κ3) is 3.08. The predicted octanol–water partition coefficient (Wildman–Crippen LogP) is 4.68. The van der Waals surface area contributed by atoms with Crippen molar-refractivity contribution in [2.75, 3.05) is 6.61 Å². The lowest BCUT2D eigenvalue weighted by molar-refractivity contribution is -0.104. The normalized spacial score (nSPS) is 39.5. The van der Waals surface area contributed by atoms with Gasteiger partial charge in [-0.3, -0.25) is 4.79 Å². The number of aliphatic hydroxyl groups is 1. The van der Waals surface area contributed by atoms with Gasteiger partial charge in [0.05, 0.1) is 0 Å². The van der Waals surface area contributed by atoms with Crippen molar-refractivity contribution in [2.45, 2.75) is 65.7 Å². The van der Waals surface area contributed by atoms with Gasteiger partial charge < -0.3 is 5.11 Å². The molecule has 0 saturated heterocycles. The number of carbonyl (C=O) groups excluding carboxylic acids is 1. The van der Waals surface area contributed by atoms with E-state index in [4.69, 9.17) is 0 Å². The molecule has 4 unspecified atom stereocenters. The molecule has 2 rings (SSSR count). The summed E-state index contributed by atoms with van der Waals surface area (Å²) in [5.74, 6) is 1.11. The van der Waals surface area contributed by atoms with Gasteiger partial charge in [-0.05, 0) is 73.7 Å². The number of aldehydes is 1. The van der Waals surface area contributed by atoms with Crippen LogP contribution in [-0.2, 0) is 4.79 Å². The van der Waals surface area contributed by atoms with Crippen LogP contribution in [-0.4, -0.2) is 18.0 Å². The van der Waals surface area contributed by atoms with Crippen LogP contribution in [0.15, 0.2) is 23.8 Å². The van der Waals surface area contributed by atoms with Crippen molar-refractivity contribution >= 4 is 6.29 Å². The third-order valence-corrected chi connectivity index (χ3v) is 6.61. The lowest BCUT2D eigenvalue weighted by Gasteiger charge is -2.58. The van der Waals surface area contributed by atoms with Crippen LogP contribution >= 0.6 is 0 Å². The molecule has 1 N–H and O–H groups in total. The summed E-state index contributed by atoms with van der Waals surface area (Å²) in [5, 5.41) is 9.97. The van der Waals surface area contributed by atoms with E-state index in [-0.39, 0.29) is 10.8 Å². The SMILES string of the molecule is C=C1CCC2C(C)(CO)CCCC2(C)C1CCC=C(C)C=O. The average Bonchev–Trinajstić information content (AvgIpc) is 2.49. The maximum absolute atomic E-state index is 10.8. The van der Waals surface area contributed by atoms with Crippen molar-refractivity contribution in [3.05, 3.63) is 23.8 Å². The first kappa shape index (κ1) is 17.5. The van der Waals surface area contributed by atoms with E-state index >= 15 is 0 Å². The van der Waals surface area contributed by atoms with Gasteiger partial charge in [0.1, 0.15) is 6.29 Å². The highest BCUT2D eigenvalue weighted by atomic mass is 16.3. The number of hydrogen-bond donors (Lipinski definition) is 1. The zero-order chi connectivity index (χ0) is 16.4. The van der Waals surface area contributed by atoms with E-state index in [1.54, 1.807) is 0 Å². The van der Waals surface area contributed by atoms with Crippen molar-refractivity contribution < 1.29 is 9.90 Å². The molecule has 0 aliphatic heterocycles. The monoisotopic (exact) mass is 304 g/mol. The molecule has 0 heterocycles. The van der Waals surface area contributed by atoms with Crippen LogP contribution in [0.5, 0.6) is 0 Å². The molecule has 124 valence electrons. The summed E-state index contributed by atoms with van der Waals surface area (Å²) in [7, 11) is 0. The minimum absolute atomic E-state index is 0.0699. The van der Waals surface area contributed by atoms with Crippen LogP contribution in [0, 0.1) is 22.7 Å². The molecule has 2 aliphatic carbocycles. The number of carbonyl (C=O) groups is 1. The van der Waals surface area contributed by atoms with Crippen molar-refractivity contribution in [3.8, 4) is 0 Å². The smallest absolute Gasteiger partial charge is 0.145 e. The van der Waals surface area contributed by atoms with Gasteiger partial charge in [0.25, 0.3) is 0 Å². The number of hydrogen-bond acceptors (Lipinski definition) is 2. The Hall–Kier alpha value is -0.890. The highest BCUT2D eigenvalue weighted by Gasteiger charge is 2.53. The highest BCUT2D eigenvalue weighted by molar-refractivity contribution is 5.71. The van der Waals surface area contributed by atoms with Gasteiger partial charge in [0, 0.05) is 6.61 Å². The molecular formula is C20H32O2. The molecule has 22 heavy (non-hydrogen) atoms. The molecular weight excluding hydrogens is 272 g/mol. The summed E-state index contributed by atoms with van der Waals surface area (Å²) >= 11 is 0. The molecule has 2 heteroatoms. The summed E-state index contributed by atoms with van der Waals surface area (Å²) in [6.45, 7) is 11.2. The van der Waals surface area contributed by atoms with E-state index in [2.05, 4.69) is 26.5 Å². The van der Waals surface area contributed by atoms with Crippen LogP contribution in [0.1, 0.15) is 65.7 Å². The first-order valence-corrected chi connectivity index (χ1v) is 8.78. The molecule has 0 radical (unpaired) electrons. The Morgan fingerprint density at radius 2 is 2.14 bits per heavy atom. The van der Waals surface area contributed by atoms with Crippen molar-refractivity contribution in [2.24, 2.45) is 22.7 Å². The summed E-state index contributed by atoms with van der Waals surface area (Å²) in [6, 6.07) is 0. The maximum atomic E-state index is 10.8. The Morgan fingerprint density at radius 1 is 1.41 bits per heavy atom. The van der Waals surface area contributed by atoms with E-state index in [1.165, 1.54) is 24.8 Å². The van der Waals surface area contributed by atoms with Gasteiger partial charge in [-0.15, -0.1) is 0 Å². The van der Waals surface area contributed by atoms with Gasteiger partial charge in [0.15, 0.2) is 0 Å². The van der Waals surface area contributed by atoms with Gasteiger partial charge in [-0.25, -0.2) is 0 Å². The largest absolute Gasteiger partial charge is 0.396 e. The van der Waals surface area contributed by atoms with Crippen LogP contribution in [0.4, 0.5) is 0 Å². The van der Waals surface area contributed by atoms with Crippen molar-refractivity contribution in [1.82, 2.24) is 0 Å². The van der Waals surface area contributed by atoms with Gasteiger partial charge in [-0.2, -0.15) is 0 Å². The van der Waals surface area contributed by atoms with Gasteiger partial charge in [-0.1, -0.05) is 38.5 Å². The second-order valence-electron chi connectivity index (χ2n) is 8.12. The average molecular weight is 304 g/mol. The molecule has 0 spiro atoms. The summed E-state index contributed by atoms with van der Waals surface area (Å²) in [5.41, 5.74) is 2.54. The van der Waals surface area contributed by atoms with E-state index in [9.17, 15) is 9.90 Å². The van der Waals surface area contributed by atoms with Crippen molar-refractivity contribution in [3.63, 3.8) is 0 Å². The third-order valence-electron chi connectivity index (χ3n) is 6.61. The van der Waals surface area contributed by atoms with Crippen LogP contribution in [0.25, 0.3) is 0 Å². The topological polar surface area (TPSA) is 37.3 Å². The molecule has 4 atom stereocenters. The molecule has 2 fully saturated rings. The fourth-order valence-electron chi connectivity index (χ4n) is 5.33. The fraction of sp³-hybridized carbons (Fsp3) is 0.750. The van der Waals surface area contributed by atoms with Crippen LogP contribution in [0.3, 0.4) is 0 Å². The Balaban J connectivity index is 2.20. The molecule has 2 nitrogen and oxygen atoms in total. The van der Waals surface area contributed by atoms with Gasteiger partial charge in [0.2, 0.25) is 0 Å². The lowest BCUT2D eigenvalue weighted by Crippen LogP contribution is -2.51. The Bertz CT molecular complexity index is 464. The van der Waals surface area contributed by atoms with Crippen LogP contribution < -0.4 is 0 Å². The summed E-state index contributed by atoms with van der Waals surface area (Å²) in [6.07, 6.45) is 10.9. The molecule has 0 aromatic carbocycles. The summed E-state index contributed by atoms with van der Waals surface area (Å²) in [4.78, 5) is 10.8. The van der Waals surface area contributed by atoms with Crippen molar-refractivity contribution in [1.29, 1.82) is 0 Å². The molecule has 2 aliphatic rings. The minimum Gasteiger partial charge on any atom is -0.396 e. The number of aliphatic hydroxyl groups excluding tert-OH is 1. The second-order valence-corrected chi connectivity index (χ2v) is 8.12. The molecule has 0 aromatic heterocycles. The lowest BCUT2D eigenvalue weighted by atomic mass is 9.47. The predicted molar refractivity (Wildman–Crippen MR) is 91.6 cm³/mol. The highest BCUT2D eigenvalue weighted by Crippen LogP contribution is 2.61. The molecule has 0 aromatic rings. The molecule has 2 saturated carbocycles. The van der Waals surface area contributed by atoms with Gasteiger partial charge >= 0.3 is 0 Å². The maximum Gasteiger partial charge on any atom is 0.145 e. The Morgan fingerprint density at radius 3 is 2.77 bits per heavy atom. The zero-order valence-corrected chi connectivity index (χ0v) is 14.5. The first-order chi connectivity index (χ1) is 10.4. The van der Waals surface area contributed by atoms with E-state index in [0.717, 1.165) is 37.5 Å². The quantitative estimate of drug-likeness (QED) is 0.455. The van der Waals surface area contributed by atoms with E-state index in [1.807, 2.05) is 6.92 Å². The standard InChI is InChI=1S/C20H32O2/c1-15(13-21)7-5-8-17-16(2)9-10-18-19(3,14-22)11-6-12-20(17,18)4/h7,13,17-18,22H,2,5-6,8-12,14H2,1,3-4H3. The Kier molecular flexibility index (Phi) is 5.32. The molecule has 0 amide bonds. The number of fused-ring (bicyclic) bond motifs is 1.